The molecule has 0 spiro atoms. The quantitative estimate of drug-likeness (QED) is 0.349. The number of hydrogen-bond acceptors (Lipinski definition) is 6. The van der Waals surface area contributed by atoms with E-state index in [1.807, 2.05) is 30.3 Å². The highest BCUT2D eigenvalue weighted by atomic mass is 32.2. The molecule has 3 N–H and O–H groups in total. The molecule has 5 nitrogen and oxygen atoms in total. The lowest BCUT2D eigenvalue weighted by molar-refractivity contribution is -0.133. The van der Waals surface area contributed by atoms with E-state index in [4.69, 9.17) is 5.11 Å². The predicted molar refractivity (Wildman–Crippen MR) is 128 cm³/mol. The van der Waals surface area contributed by atoms with Crippen molar-refractivity contribution in [1.29, 1.82) is 0 Å². The van der Waals surface area contributed by atoms with Gasteiger partial charge in [0.05, 0.1) is 23.2 Å². The average Bonchev–Trinajstić information content (AvgIpc) is 3.01. The van der Waals surface area contributed by atoms with Crippen LogP contribution in [0.3, 0.4) is 0 Å². The van der Waals surface area contributed by atoms with E-state index in [9.17, 15) is 19.8 Å². The molecule has 1 fully saturated rings. The number of carboxylic acid groups (broad SMARTS) is 1. The zero-order valence-corrected chi connectivity index (χ0v) is 18.9. The van der Waals surface area contributed by atoms with E-state index in [1.54, 1.807) is 12.2 Å². The summed E-state index contributed by atoms with van der Waals surface area (Å²) in [6.07, 6.45) is 3.48. The Bertz CT molecular complexity index is 929. The summed E-state index contributed by atoms with van der Waals surface area (Å²) in [6, 6.07) is 14.2. The molecule has 0 aromatic heterocycles. The predicted octanol–water partition coefficient (Wildman–Crippen LogP) is 3.56. The van der Waals surface area contributed by atoms with E-state index in [0.717, 1.165) is 34.3 Å². The second-order valence-corrected chi connectivity index (χ2v) is 10.1. The van der Waals surface area contributed by atoms with Gasteiger partial charge in [-0.2, -0.15) is 11.8 Å². The number of hydrogen-bond donors (Lipinski definition) is 3. The number of ketones is 1. The summed E-state index contributed by atoms with van der Waals surface area (Å²) >= 11 is 2.88. The van der Waals surface area contributed by atoms with Crippen molar-refractivity contribution >= 4 is 46.0 Å². The van der Waals surface area contributed by atoms with Crippen molar-refractivity contribution in [3.05, 3.63) is 60.2 Å². The molecule has 0 bridgehead atoms. The summed E-state index contributed by atoms with van der Waals surface area (Å²) in [6.45, 7) is 0. The number of aliphatic hydroxyl groups excluding tert-OH is 2. The minimum atomic E-state index is -0.820. The smallest absolute Gasteiger partial charge is 0.313 e. The fourth-order valence-corrected chi connectivity index (χ4v) is 5.96. The van der Waals surface area contributed by atoms with Gasteiger partial charge in [0.15, 0.2) is 0 Å². The second kappa shape index (κ2) is 11.7. The Balaban J connectivity index is 1.52. The lowest BCUT2D eigenvalue weighted by Crippen LogP contribution is -2.22. The molecule has 2 aromatic carbocycles. The van der Waals surface area contributed by atoms with Crippen LogP contribution in [0.5, 0.6) is 0 Å². The van der Waals surface area contributed by atoms with Gasteiger partial charge >= 0.3 is 5.97 Å². The fourth-order valence-electron chi connectivity index (χ4n) is 3.77. The Morgan fingerprint density at radius 1 is 1.16 bits per heavy atom. The molecular formula is C24H28O5S2. The Hall–Kier alpha value is -1.80. The molecule has 7 heteroatoms. The molecule has 0 saturated heterocycles. The van der Waals surface area contributed by atoms with Gasteiger partial charge in [-0.3, -0.25) is 9.59 Å². The number of carbonyl (C=O) groups is 2. The van der Waals surface area contributed by atoms with Crippen LogP contribution in [0, 0.1) is 5.92 Å². The minimum Gasteiger partial charge on any atom is -0.481 e. The van der Waals surface area contributed by atoms with Crippen molar-refractivity contribution in [2.24, 2.45) is 5.92 Å². The first-order chi connectivity index (χ1) is 14.9. The molecule has 1 aliphatic carbocycles. The number of fused-ring (bicyclic) bond motifs is 1. The van der Waals surface area contributed by atoms with Crippen LogP contribution in [0.2, 0.25) is 0 Å². The van der Waals surface area contributed by atoms with Crippen LogP contribution in [0.25, 0.3) is 10.8 Å². The maximum absolute atomic E-state index is 12.3. The summed E-state index contributed by atoms with van der Waals surface area (Å²) in [5, 5.41) is 31.4. The highest BCUT2D eigenvalue weighted by molar-refractivity contribution is 8.01. The third-order valence-corrected chi connectivity index (χ3v) is 7.78. The lowest BCUT2D eigenvalue weighted by atomic mass is 10.0. The number of aliphatic hydroxyl groups is 2. The van der Waals surface area contributed by atoms with E-state index < -0.39 is 18.2 Å². The third kappa shape index (κ3) is 7.10. The van der Waals surface area contributed by atoms with Gasteiger partial charge in [0.2, 0.25) is 0 Å². The molecule has 3 rings (SSSR count). The summed E-state index contributed by atoms with van der Waals surface area (Å²) < 4.78 is 0. The van der Waals surface area contributed by atoms with Gasteiger partial charge in [-0.05, 0) is 34.3 Å². The zero-order valence-electron chi connectivity index (χ0n) is 17.2. The monoisotopic (exact) mass is 460 g/mol. The zero-order chi connectivity index (χ0) is 22.2. The van der Waals surface area contributed by atoms with Crippen molar-refractivity contribution in [2.45, 2.75) is 36.7 Å². The summed E-state index contributed by atoms with van der Waals surface area (Å²) in [7, 11) is 0. The van der Waals surface area contributed by atoms with Gasteiger partial charge in [0.25, 0.3) is 0 Å². The maximum atomic E-state index is 12.3. The number of carbonyl (C=O) groups excluding carboxylic acids is 1. The van der Waals surface area contributed by atoms with Crippen LogP contribution in [0.1, 0.15) is 18.4 Å². The molecule has 1 saturated carbocycles. The number of rotatable bonds is 11. The fraction of sp³-hybridized carbons (Fsp3) is 0.417. The first-order valence-electron chi connectivity index (χ1n) is 10.4. The van der Waals surface area contributed by atoms with Crippen molar-refractivity contribution in [3.8, 4) is 0 Å². The average molecular weight is 461 g/mol. The highest BCUT2D eigenvalue weighted by Gasteiger charge is 2.40. The molecule has 2 aromatic rings. The molecular weight excluding hydrogens is 432 g/mol. The number of thioether (sulfide) groups is 2. The summed E-state index contributed by atoms with van der Waals surface area (Å²) in [5.41, 5.74) is 1.03. The molecule has 31 heavy (non-hydrogen) atoms. The van der Waals surface area contributed by atoms with Gasteiger partial charge in [0, 0.05) is 18.8 Å². The Morgan fingerprint density at radius 2 is 1.94 bits per heavy atom. The molecule has 0 aliphatic heterocycles. The number of aliphatic carboxylic acids is 1. The highest BCUT2D eigenvalue weighted by Crippen LogP contribution is 2.34. The van der Waals surface area contributed by atoms with Gasteiger partial charge in [-0.15, -0.1) is 11.8 Å². The number of Topliss-reactive ketones (excluding diaryl/α,β-unsaturated/α-hetero) is 1. The van der Waals surface area contributed by atoms with E-state index in [-0.39, 0.29) is 29.1 Å². The molecule has 2 unspecified atom stereocenters. The molecule has 1 aliphatic rings. The Labute approximate surface area is 190 Å². The van der Waals surface area contributed by atoms with Crippen LogP contribution in [0.4, 0.5) is 0 Å². The van der Waals surface area contributed by atoms with E-state index in [2.05, 4.69) is 12.1 Å². The molecule has 166 valence electrons. The summed E-state index contributed by atoms with van der Waals surface area (Å²) in [4.78, 5) is 22.8. The van der Waals surface area contributed by atoms with Crippen molar-refractivity contribution in [3.63, 3.8) is 0 Å². The molecule has 0 radical (unpaired) electrons. The van der Waals surface area contributed by atoms with Gasteiger partial charge < -0.3 is 15.3 Å². The first kappa shape index (κ1) is 23.9. The third-order valence-electron chi connectivity index (χ3n) is 5.29. The summed E-state index contributed by atoms with van der Waals surface area (Å²) in [5.74, 6) is 0.462. The molecule has 4 atom stereocenters. The van der Waals surface area contributed by atoms with Crippen LogP contribution in [-0.2, 0) is 16.0 Å². The molecule has 0 heterocycles. The largest absolute Gasteiger partial charge is 0.481 e. The van der Waals surface area contributed by atoms with Gasteiger partial charge in [0.1, 0.15) is 5.78 Å². The van der Waals surface area contributed by atoms with E-state index >= 15 is 0 Å². The van der Waals surface area contributed by atoms with Crippen molar-refractivity contribution in [1.82, 2.24) is 0 Å². The normalized spacial score (nSPS) is 22.4. The Morgan fingerprint density at radius 3 is 2.71 bits per heavy atom. The first-order valence-corrected chi connectivity index (χ1v) is 12.6. The van der Waals surface area contributed by atoms with Crippen molar-refractivity contribution in [2.75, 3.05) is 17.3 Å². The van der Waals surface area contributed by atoms with Crippen molar-refractivity contribution < 1.29 is 24.9 Å². The second-order valence-electron chi connectivity index (χ2n) is 7.74. The minimum absolute atomic E-state index is 0.0364. The van der Waals surface area contributed by atoms with E-state index in [0.29, 0.717) is 6.42 Å². The van der Waals surface area contributed by atoms with Crippen LogP contribution < -0.4 is 0 Å². The van der Waals surface area contributed by atoms with Gasteiger partial charge in [-0.25, -0.2) is 0 Å². The Kier molecular flexibility index (Phi) is 9.02. The molecule has 0 amide bonds. The standard InChI is InChI=1S/C24H28O5S2/c25-19(13-16-6-7-17-4-1-2-5-18(17)12-16)8-9-20-21(26)14-22(27)24(20)31-11-3-10-30-15-23(28)29/h1-2,4-9,12,19-21,24-26H,3,10-11,13-15H2,(H,28,29)/t19?,20-,21+,24?/m0/s1. The number of benzene rings is 2. The van der Waals surface area contributed by atoms with Crippen LogP contribution in [0.15, 0.2) is 54.6 Å². The maximum Gasteiger partial charge on any atom is 0.313 e. The van der Waals surface area contributed by atoms with Gasteiger partial charge in [-0.1, -0.05) is 54.6 Å². The van der Waals surface area contributed by atoms with E-state index in [1.165, 1.54) is 23.5 Å². The topological polar surface area (TPSA) is 94.8 Å². The van der Waals surface area contributed by atoms with Crippen LogP contribution >= 0.6 is 23.5 Å². The SMILES string of the molecule is O=C(O)CSCCCSC1C(=O)C[C@@H](O)[C@@H]1C=CC(O)Cc1ccc2ccccc2c1. The lowest BCUT2D eigenvalue weighted by Gasteiger charge is -2.17. The number of carboxylic acids is 1. The van der Waals surface area contributed by atoms with Crippen LogP contribution in [-0.4, -0.2) is 61.8 Å².